The lowest BCUT2D eigenvalue weighted by molar-refractivity contribution is 0.410. The van der Waals surface area contributed by atoms with Gasteiger partial charge >= 0.3 is 0 Å². The highest BCUT2D eigenvalue weighted by molar-refractivity contribution is 6.15. The van der Waals surface area contributed by atoms with Gasteiger partial charge in [0.05, 0.1) is 11.4 Å². The summed E-state index contributed by atoms with van der Waals surface area (Å²) >= 11 is 0. The number of amidine groups is 1. The average molecular weight is 747 g/mol. The first-order valence-corrected chi connectivity index (χ1v) is 19.8. The van der Waals surface area contributed by atoms with E-state index in [0.717, 1.165) is 72.5 Å². The molecule has 2 unspecified atom stereocenters. The van der Waals surface area contributed by atoms with E-state index >= 15 is 0 Å². The number of nitrogens with zero attached hydrogens (tertiary/aromatic N) is 2. The van der Waals surface area contributed by atoms with E-state index in [1.807, 2.05) is 12.1 Å². The first kappa shape index (κ1) is 33.8. The van der Waals surface area contributed by atoms with Gasteiger partial charge in [-0.1, -0.05) is 170 Å². The minimum absolute atomic E-state index is 0.193. The predicted octanol–water partition coefficient (Wildman–Crippen LogP) is 13.4. The molecule has 1 aromatic heterocycles. The van der Waals surface area contributed by atoms with E-state index in [0.29, 0.717) is 0 Å². The van der Waals surface area contributed by atoms with E-state index in [9.17, 15) is 0 Å². The minimum atomic E-state index is -0.416. The van der Waals surface area contributed by atoms with Crippen molar-refractivity contribution in [2.45, 2.75) is 12.3 Å². The normalized spacial score (nSPS) is 15.4. The quantitative estimate of drug-likeness (QED) is 0.159. The maximum atomic E-state index is 6.79. The van der Waals surface area contributed by atoms with Gasteiger partial charge in [-0.3, -0.25) is 5.32 Å². The third-order valence-electron chi connectivity index (χ3n) is 11.3. The monoisotopic (exact) mass is 746 g/mol. The fourth-order valence-electron chi connectivity index (χ4n) is 8.57. The molecule has 276 valence electrons. The van der Waals surface area contributed by atoms with Crippen molar-refractivity contribution in [1.82, 2.24) is 10.6 Å². The zero-order valence-corrected chi connectivity index (χ0v) is 31.6. The standard InChI is InChI=1S/C53H38N4O/c1-4-16-35(17-5-1)36-28-30-40(31-29-36)57(47-32-39-22-10-11-23-42(39)43-24-12-13-25-44(43)47)41-33-46(50-45-26-14-15-27-48(45)58-49(50)34-41)53-55-51(37-18-6-2-7-19-37)54-52(56-53)38-20-8-3-9-21-38/h1-34,51,53,55H,(H,54,56). The van der Waals surface area contributed by atoms with Crippen molar-refractivity contribution < 1.29 is 4.42 Å². The second-order valence-corrected chi connectivity index (χ2v) is 14.8. The lowest BCUT2D eigenvalue weighted by Crippen LogP contribution is -2.45. The molecule has 10 aromatic rings. The Labute approximate surface area is 336 Å². The molecule has 0 spiro atoms. The molecular formula is C53H38N4O. The number of anilines is 3. The van der Waals surface area contributed by atoms with Gasteiger partial charge < -0.3 is 14.6 Å². The molecule has 5 nitrogen and oxygen atoms in total. The van der Waals surface area contributed by atoms with Crippen LogP contribution in [0.4, 0.5) is 17.1 Å². The van der Waals surface area contributed by atoms with Gasteiger partial charge in [-0.2, -0.15) is 0 Å². The number of fused-ring (bicyclic) bond motifs is 6. The molecule has 58 heavy (non-hydrogen) atoms. The van der Waals surface area contributed by atoms with Gasteiger partial charge in [-0.15, -0.1) is 0 Å². The number of para-hydroxylation sites is 1. The smallest absolute Gasteiger partial charge is 0.137 e. The van der Waals surface area contributed by atoms with E-state index in [2.05, 4.69) is 210 Å². The average Bonchev–Trinajstić information content (AvgIpc) is 3.68. The van der Waals surface area contributed by atoms with Gasteiger partial charge in [-0.05, 0) is 63.2 Å². The van der Waals surface area contributed by atoms with Crippen LogP contribution in [0.5, 0.6) is 0 Å². The zero-order valence-electron chi connectivity index (χ0n) is 31.6. The molecule has 0 aliphatic carbocycles. The minimum Gasteiger partial charge on any atom is -0.456 e. The van der Waals surface area contributed by atoms with Gasteiger partial charge in [0.2, 0.25) is 0 Å². The first-order chi connectivity index (χ1) is 28.7. The Bertz CT molecular complexity index is 3120. The van der Waals surface area contributed by atoms with Crippen LogP contribution in [-0.2, 0) is 0 Å². The molecule has 2 atom stereocenters. The molecule has 0 saturated carbocycles. The van der Waals surface area contributed by atoms with Crippen molar-refractivity contribution in [2.75, 3.05) is 4.90 Å². The maximum Gasteiger partial charge on any atom is 0.137 e. The maximum absolute atomic E-state index is 6.79. The van der Waals surface area contributed by atoms with Crippen molar-refractivity contribution in [3.63, 3.8) is 0 Å². The third kappa shape index (κ3) is 5.97. The largest absolute Gasteiger partial charge is 0.456 e. The Morgan fingerprint density at radius 3 is 1.83 bits per heavy atom. The summed E-state index contributed by atoms with van der Waals surface area (Å²) in [7, 11) is 0. The highest BCUT2D eigenvalue weighted by atomic mass is 16.3. The summed E-state index contributed by atoms with van der Waals surface area (Å²) in [6.45, 7) is 0. The van der Waals surface area contributed by atoms with Crippen molar-refractivity contribution in [2.24, 2.45) is 4.99 Å². The van der Waals surface area contributed by atoms with Crippen LogP contribution in [0.15, 0.2) is 216 Å². The van der Waals surface area contributed by atoms with Gasteiger partial charge in [-0.25, -0.2) is 4.99 Å². The van der Waals surface area contributed by atoms with Crippen LogP contribution in [0, 0.1) is 0 Å². The number of rotatable bonds is 7. The fourth-order valence-corrected chi connectivity index (χ4v) is 8.57. The predicted molar refractivity (Wildman–Crippen MR) is 240 cm³/mol. The number of aliphatic imine (C=N–C) groups is 1. The molecule has 1 aliphatic heterocycles. The Kier molecular flexibility index (Phi) is 8.30. The summed E-state index contributed by atoms with van der Waals surface area (Å²) in [5, 5.41) is 14.5. The topological polar surface area (TPSA) is 52.8 Å². The molecule has 11 rings (SSSR count). The summed E-state index contributed by atoms with van der Waals surface area (Å²) in [6, 6.07) is 72.9. The Morgan fingerprint density at radius 2 is 1.07 bits per heavy atom. The lowest BCUT2D eigenvalue weighted by Gasteiger charge is -2.33. The third-order valence-corrected chi connectivity index (χ3v) is 11.3. The van der Waals surface area contributed by atoms with E-state index in [-0.39, 0.29) is 6.17 Å². The molecule has 2 heterocycles. The SMILES string of the molecule is c1ccc(C2=NC(c3cc(N(c4ccc(-c5ccccc5)cc4)c4cc5ccccc5c5ccccc45)cc4oc5ccccc5c34)NC(c3ccccc3)N2)cc1. The molecular weight excluding hydrogens is 709 g/mol. The number of hydrogen-bond acceptors (Lipinski definition) is 5. The molecule has 9 aromatic carbocycles. The Balaban J connectivity index is 1.18. The van der Waals surface area contributed by atoms with E-state index in [1.165, 1.54) is 21.7 Å². The van der Waals surface area contributed by atoms with Crippen LogP contribution in [0.25, 0.3) is 54.6 Å². The molecule has 0 amide bonds. The molecule has 0 radical (unpaired) electrons. The van der Waals surface area contributed by atoms with Crippen LogP contribution in [0.3, 0.4) is 0 Å². The number of furan rings is 1. The number of benzene rings is 9. The van der Waals surface area contributed by atoms with Crippen molar-refractivity contribution >= 4 is 66.4 Å². The van der Waals surface area contributed by atoms with Gasteiger partial charge in [0.15, 0.2) is 0 Å². The van der Waals surface area contributed by atoms with Crippen molar-refractivity contribution in [3.8, 4) is 11.1 Å². The summed E-state index contributed by atoms with van der Waals surface area (Å²) in [5.74, 6) is 0.832. The number of nitrogens with one attached hydrogen (secondary N) is 2. The van der Waals surface area contributed by atoms with Crippen molar-refractivity contribution in [3.05, 3.63) is 223 Å². The second kappa shape index (κ2) is 14.2. The van der Waals surface area contributed by atoms with E-state index in [1.54, 1.807) is 0 Å². The lowest BCUT2D eigenvalue weighted by atomic mass is 9.97. The Morgan fingerprint density at radius 1 is 0.466 bits per heavy atom. The molecule has 2 N–H and O–H groups in total. The zero-order chi connectivity index (χ0) is 38.4. The van der Waals surface area contributed by atoms with Crippen LogP contribution >= 0.6 is 0 Å². The van der Waals surface area contributed by atoms with E-state index < -0.39 is 6.17 Å². The van der Waals surface area contributed by atoms with Gasteiger partial charge in [0, 0.05) is 39.0 Å². The molecule has 0 fully saturated rings. The number of hydrogen-bond donors (Lipinski definition) is 2. The highest BCUT2D eigenvalue weighted by Gasteiger charge is 2.29. The van der Waals surface area contributed by atoms with Crippen LogP contribution in [0.1, 0.15) is 29.0 Å². The molecule has 1 aliphatic rings. The summed E-state index contributed by atoms with van der Waals surface area (Å²) in [5.41, 5.74) is 10.3. The first-order valence-electron chi connectivity index (χ1n) is 19.8. The summed E-state index contributed by atoms with van der Waals surface area (Å²) in [4.78, 5) is 7.84. The molecule has 5 heteroatoms. The van der Waals surface area contributed by atoms with Gasteiger partial charge in [0.25, 0.3) is 0 Å². The van der Waals surface area contributed by atoms with Crippen molar-refractivity contribution in [1.29, 1.82) is 0 Å². The van der Waals surface area contributed by atoms with Gasteiger partial charge in [0.1, 0.15) is 29.3 Å². The van der Waals surface area contributed by atoms with Crippen LogP contribution < -0.4 is 15.5 Å². The second-order valence-electron chi connectivity index (χ2n) is 14.8. The molecule has 0 bridgehead atoms. The Hall–Kier alpha value is -7.47. The summed E-state index contributed by atoms with van der Waals surface area (Å²) in [6.07, 6.45) is -0.609. The van der Waals surface area contributed by atoms with Crippen LogP contribution in [-0.4, -0.2) is 5.84 Å². The van der Waals surface area contributed by atoms with Crippen LogP contribution in [0.2, 0.25) is 0 Å². The summed E-state index contributed by atoms with van der Waals surface area (Å²) < 4.78 is 6.79. The molecule has 0 saturated heterocycles. The fraction of sp³-hybridized carbons (Fsp3) is 0.0377. The highest BCUT2D eigenvalue weighted by Crippen LogP contribution is 2.46. The van der Waals surface area contributed by atoms with E-state index in [4.69, 9.17) is 9.41 Å².